The molecule has 4 N–H and O–H groups in total. The Kier molecular flexibility index (Phi) is 8.23. The van der Waals surface area contributed by atoms with Crippen LogP contribution in [0.1, 0.15) is 20.8 Å². The Hall–Kier alpha value is -3.51. The van der Waals surface area contributed by atoms with Crippen LogP contribution in [0.25, 0.3) is 45.2 Å². The van der Waals surface area contributed by atoms with Crippen LogP contribution in [-0.2, 0) is 16.7 Å². The van der Waals surface area contributed by atoms with E-state index in [0.29, 0.717) is 68.4 Å². The molecule has 210 valence electrons. The number of pyridine rings is 1. The number of aromatic amines is 1. The zero-order chi connectivity index (χ0) is 29.4. The second kappa shape index (κ2) is 11.2. The molecule has 0 bridgehead atoms. The summed E-state index contributed by atoms with van der Waals surface area (Å²) in [5, 5.41) is 0.922. The molecule has 0 fully saturated rings. The minimum atomic E-state index is -3.67. The van der Waals surface area contributed by atoms with Gasteiger partial charge in [-0.25, -0.2) is 19.3 Å². The maximum Gasteiger partial charge on any atom is 0.261 e. The summed E-state index contributed by atoms with van der Waals surface area (Å²) in [5.41, 5.74) is 10.7. The van der Waals surface area contributed by atoms with Crippen LogP contribution in [-0.4, -0.2) is 43.7 Å². The maximum absolute atomic E-state index is 13.7. The fourth-order valence-corrected chi connectivity index (χ4v) is 4.58. The Morgan fingerprint density at radius 3 is 2.17 bits per heavy atom. The Morgan fingerprint density at radius 1 is 1.00 bits per heavy atom. The highest BCUT2D eigenvalue weighted by Gasteiger charge is 2.22. The lowest BCUT2D eigenvalue weighted by atomic mass is 9.97. The number of nitrogens with zero attached hydrogens (tertiary/aromatic N) is 4. The number of hydrogen-bond donors (Lipinski definition) is 3. The maximum atomic E-state index is 13.7. The van der Waals surface area contributed by atoms with E-state index in [0.717, 1.165) is 5.56 Å². The first-order chi connectivity index (χ1) is 18.6. The van der Waals surface area contributed by atoms with Gasteiger partial charge in [0.25, 0.3) is 10.1 Å². The van der Waals surface area contributed by atoms with Gasteiger partial charge < -0.3 is 10.7 Å². The number of benzene rings is 2. The van der Waals surface area contributed by atoms with Gasteiger partial charge in [-0.1, -0.05) is 50.0 Å². The molecule has 0 saturated carbocycles. The lowest BCUT2D eigenvalue weighted by molar-refractivity contribution is 0.350. The molecular formula is C27H27Cl2FN6O3S. The van der Waals surface area contributed by atoms with Gasteiger partial charge in [-0.15, -0.1) is 0 Å². The first kappa shape index (κ1) is 29.5. The fraction of sp³-hybridized carbons (Fsp3) is 0.222. The summed E-state index contributed by atoms with van der Waals surface area (Å²) in [7, 11) is -3.67. The number of imidazole rings is 2. The standard InChI is InChI=1S/C26H23Cl2FN6.CH4O3S/c1-26(2,3)13-35-24-19(32-25(35)30)12-11-18(31-24)22-21(14-7-9-15(29)10-8-14)33-23(34-22)20-16(27)5-4-6-17(20)28;1-5(2,3)4/h4-12H,13H2,1-3H3,(H2,30,32)(H,33,34);1H3,(H,2,3,4). The smallest absolute Gasteiger partial charge is 0.261 e. The number of hydrogen-bond acceptors (Lipinski definition) is 6. The van der Waals surface area contributed by atoms with E-state index in [2.05, 4.69) is 30.7 Å². The van der Waals surface area contributed by atoms with E-state index < -0.39 is 10.1 Å². The number of rotatable bonds is 4. The highest BCUT2D eigenvalue weighted by Crippen LogP contribution is 2.38. The van der Waals surface area contributed by atoms with Crippen LogP contribution in [0, 0.1) is 11.2 Å². The van der Waals surface area contributed by atoms with E-state index in [9.17, 15) is 12.8 Å². The van der Waals surface area contributed by atoms with Crippen molar-refractivity contribution in [3.05, 3.63) is 70.5 Å². The molecule has 0 saturated heterocycles. The first-order valence-corrected chi connectivity index (χ1v) is 14.6. The van der Waals surface area contributed by atoms with Gasteiger partial charge in [0.05, 0.1) is 33.3 Å². The molecule has 0 spiro atoms. The van der Waals surface area contributed by atoms with E-state index in [1.54, 1.807) is 30.3 Å². The van der Waals surface area contributed by atoms with Crippen molar-refractivity contribution in [2.24, 2.45) is 5.41 Å². The van der Waals surface area contributed by atoms with Gasteiger partial charge in [0, 0.05) is 12.1 Å². The number of halogens is 3. The van der Waals surface area contributed by atoms with Crippen LogP contribution in [0.5, 0.6) is 0 Å². The first-order valence-electron chi connectivity index (χ1n) is 12.0. The molecule has 9 nitrogen and oxygen atoms in total. The summed E-state index contributed by atoms with van der Waals surface area (Å²) in [6.07, 6.45) is 0.715. The Balaban J connectivity index is 0.000000681. The highest BCUT2D eigenvalue weighted by atomic mass is 35.5. The summed E-state index contributed by atoms with van der Waals surface area (Å²) in [6, 6.07) is 15.2. The predicted octanol–water partition coefficient (Wildman–Crippen LogP) is 6.73. The Labute approximate surface area is 241 Å². The van der Waals surface area contributed by atoms with Gasteiger partial charge in [-0.3, -0.25) is 9.12 Å². The topological polar surface area (TPSA) is 140 Å². The molecular weight excluding hydrogens is 578 g/mol. The molecule has 0 aliphatic rings. The average molecular weight is 606 g/mol. The summed E-state index contributed by atoms with van der Waals surface area (Å²) in [4.78, 5) is 17.6. The normalized spacial score (nSPS) is 11.9. The van der Waals surface area contributed by atoms with Gasteiger partial charge in [-0.05, 0) is 53.9 Å². The van der Waals surface area contributed by atoms with Crippen molar-refractivity contribution < 1.29 is 17.4 Å². The van der Waals surface area contributed by atoms with Crippen LogP contribution >= 0.6 is 23.2 Å². The molecule has 5 aromatic rings. The zero-order valence-corrected chi connectivity index (χ0v) is 24.4. The number of nitrogen functional groups attached to an aromatic ring is 1. The highest BCUT2D eigenvalue weighted by molar-refractivity contribution is 7.85. The van der Waals surface area contributed by atoms with Gasteiger partial charge in [0.2, 0.25) is 5.95 Å². The quantitative estimate of drug-likeness (QED) is 0.193. The molecule has 0 aliphatic carbocycles. The number of nitrogens with two attached hydrogens (primary N) is 1. The molecule has 13 heteroatoms. The van der Waals surface area contributed by atoms with Crippen LogP contribution in [0.15, 0.2) is 54.6 Å². The number of aromatic nitrogens is 5. The Morgan fingerprint density at radius 2 is 1.60 bits per heavy atom. The number of nitrogens with one attached hydrogen (secondary N) is 1. The summed E-state index contributed by atoms with van der Waals surface area (Å²) < 4.78 is 41.4. The van der Waals surface area contributed by atoms with Gasteiger partial charge in [0.15, 0.2) is 5.65 Å². The average Bonchev–Trinajstić information content (AvgIpc) is 3.39. The molecule has 0 atom stereocenters. The van der Waals surface area contributed by atoms with Crippen molar-refractivity contribution in [1.82, 2.24) is 24.5 Å². The zero-order valence-electron chi connectivity index (χ0n) is 22.1. The number of anilines is 1. The second-order valence-corrected chi connectivity index (χ2v) is 12.6. The van der Waals surface area contributed by atoms with Crippen LogP contribution in [0.3, 0.4) is 0 Å². The van der Waals surface area contributed by atoms with Gasteiger partial charge in [-0.2, -0.15) is 8.42 Å². The lowest BCUT2D eigenvalue weighted by Crippen LogP contribution is -2.17. The van der Waals surface area contributed by atoms with Crippen LogP contribution in [0.2, 0.25) is 10.0 Å². The number of fused-ring (bicyclic) bond motifs is 1. The summed E-state index contributed by atoms with van der Waals surface area (Å²) in [5.74, 6) is 0.564. The lowest BCUT2D eigenvalue weighted by Gasteiger charge is -2.19. The molecule has 40 heavy (non-hydrogen) atoms. The van der Waals surface area contributed by atoms with Crippen molar-refractivity contribution in [2.45, 2.75) is 27.3 Å². The minimum Gasteiger partial charge on any atom is -0.369 e. The molecule has 5 rings (SSSR count). The molecule has 0 amide bonds. The fourth-order valence-electron chi connectivity index (χ4n) is 4.01. The Bertz CT molecular complexity index is 1770. The predicted molar refractivity (Wildman–Crippen MR) is 157 cm³/mol. The third kappa shape index (κ3) is 6.97. The molecule has 2 aromatic carbocycles. The molecule has 0 unspecified atom stereocenters. The molecule has 3 aromatic heterocycles. The second-order valence-electron chi connectivity index (χ2n) is 10.3. The van der Waals surface area contributed by atoms with E-state index in [4.69, 9.17) is 43.5 Å². The van der Waals surface area contributed by atoms with E-state index in [1.807, 2.05) is 16.7 Å². The van der Waals surface area contributed by atoms with E-state index >= 15 is 0 Å². The summed E-state index contributed by atoms with van der Waals surface area (Å²) in [6.45, 7) is 7.03. The van der Waals surface area contributed by atoms with Crippen molar-refractivity contribution in [3.63, 3.8) is 0 Å². The largest absolute Gasteiger partial charge is 0.369 e. The summed E-state index contributed by atoms with van der Waals surface area (Å²) >= 11 is 12.9. The van der Waals surface area contributed by atoms with E-state index in [1.165, 1.54) is 12.1 Å². The van der Waals surface area contributed by atoms with E-state index in [-0.39, 0.29) is 11.2 Å². The van der Waals surface area contributed by atoms with Crippen LogP contribution in [0.4, 0.5) is 10.3 Å². The molecule has 0 radical (unpaired) electrons. The van der Waals surface area contributed by atoms with Crippen molar-refractivity contribution in [2.75, 3.05) is 12.0 Å². The third-order valence-electron chi connectivity index (χ3n) is 5.53. The molecule has 0 aliphatic heterocycles. The van der Waals surface area contributed by atoms with Gasteiger partial charge in [0.1, 0.15) is 22.9 Å². The van der Waals surface area contributed by atoms with Crippen molar-refractivity contribution in [1.29, 1.82) is 0 Å². The minimum absolute atomic E-state index is 0.0288. The van der Waals surface area contributed by atoms with Crippen molar-refractivity contribution >= 4 is 50.4 Å². The van der Waals surface area contributed by atoms with Gasteiger partial charge >= 0.3 is 0 Å². The third-order valence-corrected chi connectivity index (χ3v) is 6.16. The number of H-pyrrole nitrogens is 1. The van der Waals surface area contributed by atoms with Crippen LogP contribution < -0.4 is 5.73 Å². The SMILES string of the molecule is CC(C)(C)Cn1c(N)nc2ccc(-c3nc(-c4c(Cl)cccc4Cl)[nH]c3-c3ccc(F)cc3)nc21.CS(=O)(=O)O. The molecule has 3 heterocycles. The monoisotopic (exact) mass is 604 g/mol. The van der Waals surface area contributed by atoms with Crippen molar-refractivity contribution in [3.8, 4) is 34.0 Å².